The molecule has 1 atom stereocenters. The molecule has 2 rings (SSSR count). The lowest BCUT2D eigenvalue weighted by Crippen LogP contribution is -2.57. The van der Waals surface area contributed by atoms with Gasteiger partial charge in [-0.15, -0.1) is 0 Å². The van der Waals surface area contributed by atoms with Gasteiger partial charge in [-0.05, 0) is 13.0 Å². The molecule has 0 aliphatic carbocycles. The molecule has 1 aliphatic heterocycles. The predicted octanol–water partition coefficient (Wildman–Crippen LogP) is -1.51. The highest BCUT2D eigenvalue weighted by Crippen LogP contribution is 1.95. The van der Waals surface area contributed by atoms with Crippen molar-refractivity contribution in [1.29, 1.82) is 0 Å². The Bertz CT molecular complexity index is 453. The minimum atomic E-state index is -0.384. The van der Waals surface area contributed by atoms with E-state index < -0.39 is 0 Å². The van der Waals surface area contributed by atoms with Crippen LogP contribution in [0.25, 0.3) is 0 Å². The van der Waals surface area contributed by atoms with E-state index in [1.54, 1.807) is 19.2 Å². The molecule has 0 aromatic carbocycles. The van der Waals surface area contributed by atoms with E-state index in [1.807, 2.05) is 0 Å². The van der Waals surface area contributed by atoms with Crippen LogP contribution in [0.1, 0.15) is 11.5 Å². The molecule has 2 heterocycles. The summed E-state index contributed by atoms with van der Waals surface area (Å²) in [5, 5.41) is 8.26. The number of amides is 2. The molecule has 1 saturated heterocycles. The lowest BCUT2D eigenvalue weighted by atomic mass is 10.2. The maximum Gasteiger partial charge on any atom is 0.239 e. The largest absolute Gasteiger partial charge is 0.353 e. The number of hydrogen-bond acceptors (Lipinski definition) is 5. The van der Waals surface area contributed by atoms with Gasteiger partial charge in [0.2, 0.25) is 11.8 Å². The van der Waals surface area contributed by atoms with Gasteiger partial charge in [-0.1, -0.05) is 0 Å². The Hall–Kier alpha value is -2.02. The molecule has 7 nitrogen and oxygen atoms in total. The summed E-state index contributed by atoms with van der Waals surface area (Å²) in [5.41, 5.74) is 0.760. The van der Waals surface area contributed by atoms with Crippen LogP contribution in [0.4, 0.5) is 0 Å². The molecule has 3 N–H and O–H groups in total. The van der Waals surface area contributed by atoms with Gasteiger partial charge < -0.3 is 10.6 Å². The van der Waals surface area contributed by atoms with E-state index in [0.717, 1.165) is 5.69 Å². The van der Waals surface area contributed by atoms with Crippen LogP contribution in [0.5, 0.6) is 0 Å². The van der Waals surface area contributed by atoms with Crippen LogP contribution in [-0.4, -0.2) is 40.9 Å². The molecule has 0 saturated carbocycles. The smallest absolute Gasteiger partial charge is 0.239 e. The van der Waals surface area contributed by atoms with Crippen LogP contribution in [0, 0.1) is 6.92 Å². The highest BCUT2D eigenvalue weighted by atomic mass is 16.2. The molecule has 0 radical (unpaired) electrons. The van der Waals surface area contributed by atoms with Crippen LogP contribution in [0.2, 0.25) is 0 Å². The lowest BCUT2D eigenvalue weighted by Gasteiger charge is -2.23. The molecule has 1 unspecified atom stereocenters. The van der Waals surface area contributed by atoms with Gasteiger partial charge in [-0.2, -0.15) is 0 Å². The van der Waals surface area contributed by atoms with Gasteiger partial charge in [-0.3, -0.25) is 14.9 Å². The molecule has 1 fully saturated rings. The number of rotatable bonds is 3. The van der Waals surface area contributed by atoms with E-state index in [-0.39, 0.29) is 24.4 Å². The number of carbonyl (C=O) groups excluding carboxylic acids is 2. The Kier molecular flexibility index (Phi) is 3.83. The van der Waals surface area contributed by atoms with Gasteiger partial charge in [0, 0.05) is 12.7 Å². The first-order valence-electron chi connectivity index (χ1n) is 5.71. The van der Waals surface area contributed by atoms with E-state index in [2.05, 4.69) is 25.9 Å². The normalized spacial score (nSPS) is 19.2. The molecule has 0 spiro atoms. The average Bonchev–Trinajstić information content (AvgIpc) is 2.37. The Morgan fingerprint density at radius 1 is 1.61 bits per heavy atom. The molecule has 1 aliphatic rings. The summed E-state index contributed by atoms with van der Waals surface area (Å²) < 4.78 is 0. The molecule has 2 amide bonds. The second-order valence-corrected chi connectivity index (χ2v) is 4.05. The van der Waals surface area contributed by atoms with Gasteiger partial charge in [0.15, 0.2) is 0 Å². The maximum atomic E-state index is 11.8. The summed E-state index contributed by atoms with van der Waals surface area (Å²) in [6, 6.07) is 1.37. The first kappa shape index (κ1) is 12.4. The topological polar surface area (TPSA) is 96.0 Å². The van der Waals surface area contributed by atoms with Crippen molar-refractivity contribution in [3.63, 3.8) is 0 Å². The highest BCUT2D eigenvalue weighted by molar-refractivity contribution is 5.86. The number of piperazine rings is 1. The van der Waals surface area contributed by atoms with Crippen LogP contribution in [0.3, 0.4) is 0 Å². The van der Waals surface area contributed by atoms with Crippen LogP contribution in [0.15, 0.2) is 12.3 Å². The summed E-state index contributed by atoms with van der Waals surface area (Å²) in [6.45, 7) is 2.63. The number of aryl methyl sites for hydroxylation is 1. The van der Waals surface area contributed by atoms with Gasteiger partial charge in [-0.25, -0.2) is 9.97 Å². The maximum absolute atomic E-state index is 11.8. The zero-order valence-corrected chi connectivity index (χ0v) is 10.1. The fraction of sp³-hybridized carbons (Fsp3) is 0.455. The third-order valence-corrected chi connectivity index (χ3v) is 2.61. The van der Waals surface area contributed by atoms with Gasteiger partial charge in [0.05, 0.1) is 18.8 Å². The molecule has 7 heteroatoms. The third-order valence-electron chi connectivity index (χ3n) is 2.61. The van der Waals surface area contributed by atoms with E-state index >= 15 is 0 Å². The Morgan fingerprint density at radius 2 is 2.44 bits per heavy atom. The van der Waals surface area contributed by atoms with Crippen molar-refractivity contribution in [3.8, 4) is 0 Å². The molecule has 0 bridgehead atoms. The van der Waals surface area contributed by atoms with Crippen molar-refractivity contribution in [2.24, 2.45) is 0 Å². The van der Waals surface area contributed by atoms with Crippen molar-refractivity contribution in [2.45, 2.75) is 19.5 Å². The molecule has 1 aromatic heterocycles. The van der Waals surface area contributed by atoms with E-state index in [0.29, 0.717) is 18.9 Å². The van der Waals surface area contributed by atoms with Crippen LogP contribution in [-0.2, 0) is 16.1 Å². The van der Waals surface area contributed by atoms with Crippen molar-refractivity contribution in [2.75, 3.05) is 13.1 Å². The zero-order valence-electron chi connectivity index (χ0n) is 10.1. The second kappa shape index (κ2) is 5.54. The summed E-state index contributed by atoms with van der Waals surface area (Å²) >= 11 is 0. The molecule has 96 valence electrons. The number of hydrogen-bond donors (Lipinski definition) is 3. The monoisotopic (exact) mass is 249 g/mol. The number of aromatic nitrogens is 2. The average molecular weight is 249 g/mol. The molecular formula is C11H15N5O2. The minimum Gasteiger partial charge on any atom is -0.353 e. The zero-order chi connectivity index (χ0) is 13.0. The highest BCUT2D eigenvalue weighted by Gasteiger charge is 2.23. The first-order valence-corrected chi connectivity index (χ1v) is 5.71. The van der Waals surface area contributed by atoms with Crippen LogP contribution >= 0.6 is 0 Å². The Morgan fingerprint density at radius 3 is 3.11 bits per heavy atom. The van der Waals surface area contributed by atoms with E-state index in [1.165, 1.54) is 0 Å². The fourth-order valence-electron chi connectivity index (χ4n) is 1.66. The third kappa shape index (κ3) is 3.24. The molecular weight excluding hydrogens is 234 g/mol. The quantitative estimate of drug-likeness (QED) is 0.605. The Labute approximate surface area is 104 Å². The van der Waals surface area contributed by atoms with Crippen molar-refractivity contribution in [1.82, 2.24) is 25.9 Å². The minimum absolute atomic E-state index is 0.0922. The fourth-order valence-corrected chi connectivity index (χ4v) is 1.66. The summed E-state index contributed by atoms with van der Waals surface area (Å²) in [6.07, 6.45) is 1.66. The lowest BCUT2D eigenvalue weighted by molar-refractivity contribution is -0.126. The molecule has 18 heavy (non-hydrogen) atoms. The van der Waals surface area contributed by atoms with Crippen LogP contribution < -0.4 is 16.0 Å². The standard InChI is InChI=1S/C11H15N5O2/c1-7-12-3-2-8(16-7)4-15-11(18)9-5-14-10(17)6-13-9/h2-3,9,13H,4-6H2,1H3,(H,14,17)(H,15,18). The van der Waals surface area contributed by atoms with Gasteiger partial charge in [0.25, 0.3) is 0 Å². The van der Waals surface area contributed by atoms with E-state index in [9.17, 15) is 9.59 Å². The van der Waals surface area contributed by atoms with Crippen molar-refractivity contribution >= 4 is 11.8 Å². The summed E-state index contributed by atoms with van der Waals surface area (Å²) in [7, 11) is 0. The first-order chi connectivity index (χ1) is 8.65. The summed E-state index contributed by atoms with van der Waals surface area (Å²) in [4.78, 5) is 30.9. The number of nitrogens with zero attached hydrogens (tertiary/aromatic N) is 2. The van der Waals surface area contributed by atoms with E-state index in [4.69, 9.17) is 0 Å². The second-order valence-electron chi connectivity index (χ2n) is 4.05. The SMILES string of the molecule is Cc1nccc(CNC(=O)C2CNC(=O)CN2)n1. The summed E-state index contributed by atoms with van der Waals surface area (Å²) in [5.74, 6) is 0.432. The number of carbonyl (C=O) groups is 2. The molecule has 1 aromatic rings. The Balaban J connectivity index is 1.83. The van der Waals surface area contributed by atoms with Gasteiger partial charge in [0.1, 0.15) is 11.9 Å². The van der Waals surface area contributed by atoms with Crippen molar-refractivity contribution < 1.29 is 9.59 Å². The van der Waals surface area contributed by atoms with Crippen molar-refractivity contribution in [3.05, 3.63) is 23.8 Å². The van der Waals surface area contributed by atoms with Gasteiger partial charge >= 0.3 is 0 Å². The predicted molar refractivity (Wildman–Crippen MR) is 63.4 cm³/mol. The number of nitrogens with one attached hydrogen (secondary N) is 3.